The van der Waals surface area contributed by atoms with Crippen molar-refractivity contribution in [2.75, 3.05) is 36.0 Å². The van der Waals surface area contributed by atoms with E-state index in [9.17, 15) is 13.9 Å². The molecule has 9 heteroatoms. The number of aromatic hydroxyl groups is 1. The van der Waals surface area contributed by atoms with Crippen LogP contribution in [0.4, 0.5) is 26.0 Å². The van der Waals surface area contributed by atoms with E-state index < -0.39 is 5.82 Å². The average molecular weight is 434 g/mol. The number of rotatable bonds is 4. The number of nitrogens with one attached hydrogen (secondary N) is 1. The number of nitrogens with zero attached hydrogens (tertiary/aromatic N) is 5. The molecule has 1 aliphatic heterocycles. The number of aromatic amines is 1. The highest BCUT2D eigenvalue weighted by molar-refractivity contribution is 6.02. The normalized spacial score (nSPS) is 14.6. The fraction of sp³-hybridized carbons (Fsp3) is 0.174. The highest BCUT2D eigenvalue weighted by Gasteiger charge is 2.20. The molecule has 0 bridgehead atoms. The van der Waals surface area contributed by atoms with E-state index in [1.807, 2.05) is 4.90 Å². The van der Waals surface area contributed by atoms with E-state index in [4.69, 9.17) is 0 Å². The van der Waals surface area contributed by atoms with Gasteiger partial charge in [-0.2, -0.15) is 0 Å². The summed E-state index contributed by atoms with van der Waals surface area (Å²) in [6, 6.07) is 8.98. The molecular formula is C23H20F2N6O. The molecule has 2 aromatic heterocycles. The van der Waals surface area contributed by atoms with Crippen molar-refractivity contribution in [2.45, 2.75) is 0 Å². The van der Waals surface area contributed by atoms with Crippen LogP contribution in [0.25, 0.3) is 10.9 Å². The molecule has 1 fully saturated rings. The monoisotopic (exact) mass is 434 g/mol. The molecule has 2 N–H and O–H groups in total. The first-order valence-corrected chi connectivity index (χ1v) is 10.2. The van der Waals surface area contributed by atoms with Crippen molar-refractivity contribution in [1.29, 1.82) is 0 Å². The van der Waals surface area contributed by atoms with Crippen LogP contribution in [-0.4, -0.2) is 52.5 Å². The van der Waals surface area contributed by atoms with Gasteiger partial charge >= 0.3 is 0 Å². The Morgan fingerprint density at radius 2 is 1.81 bits per heavy atom. The first-order valence-electron chi connectivity index (χ1n) is 10.2. The van der Waals surface area contributed by atoms with Crippen LogP contribution in [0, 0.1) is 11.6 Å². The molecule has 0 amide bonds. The second kappa shape index (κ2) is 8.26. The molecule has 7 nitrogen and oxygen atoms in total. The molecule has 5 rings (SSSR count). The molecule has 0 atom stereocenters. The van der Waals surface area contributed by atoms with Gasteiger partial charge in [0.1, 0.15) is 17.5 Å². The van der Waals surface area contributed by atoms with Crippen molar-refractivity contribution in [1.82, 2.24) is 15.0 Å². The van der Waals surface area contributed by atoms with Crippen molar-refractivity contribution < 1.29 is 13.9 Å². The molecule has 0 unspecified atom stereocenters. The number of benzene rings is 2. The van der Waals surface area contributed by atoms with Crippen LogP contribution < -0.4 is 9.80 Å². The average Bonchev–Trinajstić information content (AvgIpc) is 3.12. The van der Waals surface area contributed by atoms with Crippen LogP contribution in [0.3, 0.4) is 0 Å². The molecule has 1 saturated heterocycles. The molecule has 0 radical (unpaired) electrons. The van der Waals surface area contributed by atoms with Gasteiger partial charge in [-0.15, -0.1) is 0 Å². The third kappa shape index (κ3) is 3.84. The van der Waals surface area contributed by atoms with Crippen molar-refractivity contribution in [3.63, 3.8) is 0 Å². The van der Waals surface area contributed by atoms with E-state index >= 15 is 0 Å². The zero-order chi connectivity index (χ0) is 22.1. The predicted octanol–water partition coefficient (Wildman–Crippen LogP) is 4.02. The van der Waals surface area contributed by atoms with Crippen molar-refractivity contribution in [3.8, 4) is 5.88 Å². The number of halogens is 2. The quantitative estimate of drug-likeness (QED) is 0.474. The van der Waals surface area contributed by atoms with Gasteiger partial charge in [0.05, 0.1) is 28.7 Å². The highest BCUT2D eigenvalue weighted by atomic mass is 19.1. The lowest BCUT2D eigenvalue weighted by Crippen LogP contribution is -2.47. The molecular weight excluding hydrogens is 414 g/mol. The van der Waals surface area contributed by atoms with Gasteiger partial charge < -0.3 is 19.9 Å². The summed E-state index contributed by atoms with van der Waals surface area (Å²) in [4.78, 5) is 19.5. The standard InChI is InChI=1S/C23H20F2N6O/c24-15-1-3-17-18(23(32)29-20(17)11-15)13-28-16-2-4-21(19(25)12-16)30-7-9-31(10-8-30)22-14-26-5-6-27-22/h1-6,11-14,29,32H,7-10H2. The van der Waals surface area contributed by atoms with E-state index in [2.05, 4.69) is 24.8 Å². The Morgan fingerprint density at radius 3 is 2.56 bits per heavy atom. The van der Waals surface area contributed by atoms with Crippen molar-refractivity contribution >= 4 is 34.3 Å². The first kappa shape index (κ1) is 19.9. The lowest BCUT2D eigenvalue weighted by Gasteiger charge is -2.36. The molecule has 3 heterocycles. The van der Waals surface area contributed by atoms with Crippen LogP contribution in [0.2, 0.25) is 0 Å². The summed E-state index contributed by atoms with van der Waals surface area (Å²) in [5.41, 5.74) is 1.82. The summed E-state index contributed by atoms with van der Waals surface area (Å²) in [5.74, 6) is -0.0664. The van der Waals surface area contributed by atoms with E-state index in [1.165, 1.54) is 24.4 Å². The maximum absolute atomic E-state index is 14.8. The van der Waals surface area contributed by atoms with Crippen LogP contribution >= 0.6 is 0 Å². The number of anilines is 2. The van der Waals surface area contributed by atoms with Gasteiger partial charge in [-0.1, -0.05) is 0 Å². The Kier molecular flexibility index (Phi) is 5.14. The Bertz CT molecular complexity index is 1280. The zero-order valence-corrected chi connectivity index (χ0v) is 17.0. The van der Waals surface area contributed by atoms with Crippen LogP contribution in [0.1, 0.15) is 5.56 Å². The zero-order valence-electron chi connectivity index (χ0n) is 17.0. The summed E-state index contributed by atoms with van der Waals surface area (Å²) in [5, 5.41) is 10.7. The van der Waals surface area contributed by atoms with Gasteiger partial charge in [0.15, 0.2) is 5.88 Å². The van der Waals surface area contributed by atoms with Gasteiger partial charge in [-0.25, -0.2) is 13.8 Å². The van der Waals surface area contributed by atoms with Crippen molar-refractivity contribution in [2.24, 2.45) is 4.99 Å². The smallest absolute Gasteiger partial charge is 0.198 e. The second-order valence-electron chi connectivity index (χ2n) is 7.51. The number of hydrogen-bond acceptors (Lipinski definition) is 6. The van der Waals surface area contributed by atoms with Gasteiger partial charge in [-0.3, -0.25) is 9.98 Å². The lowest BCUT2D eigenvalue weighted by atomic mass is 10.2. The van der Waals surface area contributed by atoms with E-state index in [1.54, 1.807) is 36.8 Å². The summed E-state index contributed by atoms with van der Waals surface area (Å²) in [6.07, 6.45) is 6.47. The number of piperazine rings is 1. The third-order valence-electron chi connectivity index (χ3n) is 5.55. The highest BCUT2D eigenvalue weighted by Crippen LogP contribution is 2.29. The third-order valence-corrected chi connectivity index (χ3v) is 5.55. The first-order chi connectivity index (χ1) is 15.6. The van der Waals surface area contributed by atoms with Crippen LogP contribution in [0.15, 0.2) is 60.0 Å². The SMILES string of the molecule is Oc1[nH]c2cc(F)ccc2c1C=Nc1ccc(N2CCN(c3cnccn3)CC2)c(F)c1. The van der Waals surface area contributed by atoms with Crippen LogP contribution in [0.5, 0.6) is 5.88 Å². The van der Waals surface area contributed by atoms with Crippen molar-refractivity contribution in [3.05, 3.63) is 72.2 Å². The molecule has 32 heavy (non-hydrogen) atoms. The Balaban J connectivity index is 1.31. The molecule has 0 spiro atoms. The van der Waals surface area contributed by atoms with Gasteiger partial charge in [0.2, 0.25) is 0 Å². The van der Waals surface area contributed by atoms with E-state index in [0.717, 1.165) is 18.9 Å². The lowest BCUT2D eigenvalue weighted by molar-refractivity contribution is 0.457. The number of fused-ring (bicyclic) bond motifs is 1. The minimum absolute atomic E-state index is 0.118. The molecule has 4 aromatic rings. The fourth-order valence-corrected chi connectivity index (χ4v) is 3.91. The van der Waals surface area contributed by atoms with Gasteiger partial charge in [-0.05, 0) is 30.3 Å². The Hall–Kier alpha value is -4.01. The molecule has 2 aromatic carbocycles. The molecule has 0 saturated carbocycles. The van der Waals surface area contributed by atoms with E-state index in [-0.39, 0.29) is 11.7 Å². The van der Waals surface area contributed by atoms with Gasteiger partial charge in [0.25, 0.3) is 0 Å². The summed E-state index contributed by atoms with van der Waals surface area (Å²) in [6.45, 7) is 2.77. The van der Waals surface area contributed by atoms with E-state index in [0.29, 0.717) is 40.9 Å². The fourth-order valence-electron chi connectivity index (χ4n) is 3.91. The maximum Gasteiger partial charge on any atom is 0.198 e. The topological polar surface area (TPSA) is 80.6 Å². The Labute approximate surface area is 182 Å². The number of aromatic nitrogens is 3. The summed E-state index contributed by atoms with van der Waals surface area (Å²) < 4.78 is 28.2. The maximum atomic E-state index is 14.8. The molecule has 0 aliphatic carbocycles. The number of aliphatic imine (C=N–C) groups is 1. The molecule has 1 aliphatic rings. The Morgan fingerprint density at radius 1 is 1.00 bits per heavy atom. The minimum Gasteiger partial charge on any atom is -0.494 e. The predicted molar refractivity (Wildman–Crippen MR) is 120 cm³/mol. The summed E-state index contributed by atoms with van der Waals surface area (Å²) in [7, 11) is 0. The number of H-pyrrole nitrogens is 1. The second-order valence-corrected chi connectivity index (χ2v) is 7.51. The largest absolute Gasteiger partial charge is 0.494 e. The minimum atomic E-state index is -0.405. The van der Waals surface area contributed by atoms with Gasteiger partial charge in [0, 0.05) is 56.2 Å². The number of hydrogen-bond donors (Lipinski definition) is 2. The summed E-state index contributed by atoms with van der Waals surface area (Å²) >= 11 is 0. The molecule has 162 valence electrons. The van der Waals surface area contributed by atoms with Crippen LogP contribution in [-0.2, 0) is 0 Å².